The second kappa shape index (κ2) is 7.69. The molecular weight excluding hydrogens is 190 g/mol. The van der Waals surface area contributed by atoms with E-state index in [1.54, 1.807) is 0 Å². The van der Waals surface area contributed by atoms with Gasteiger partial charge in [-0.05, 0) is 18.8 Å². The first kappa shape index (κ1) is 14.4. The van der Waals surface area contributed by atoms with Gasteiger partial charge in [-0.2, -0.15) is 0 Å². The number of carbonyl (C=O) groups is 1. The minimum Gasteiger partial charge on any atom is -0.394 e. The molecule has 0 saturated heterocycles. The van der Waals surface area contributed by atoms with Crippen LogP contribution in [-0.2, 0) is 4.79 Å². The van der Waals surface area contributed by atoms with E-state index in [0.717, 1.165) is 19.3 Å². The number of hydrogen-bond donors (Lipinski definition) is 2. The van der Waals surface area contributed by atoms with E-state index >= 15 is 0 Å². The van der Waals surface area contributed by atoms with Crippen molar-refractivity contribution in [2.24, 2.45) is 11.8 Å². The van der Waals surface area contributed by atoms with Crippen LogP contribution < -0.4 is 5.32 Å². The average molecular weight is 215 g/mol. The minimum absolute atomic E-state index is 0.0305. The first-order chi connectivity index (χ1) is 7.01. The molecule has 2 N–H and O–H groups in total. The topological polar surface area (TPSA) is 49.3 Å². The van der Waals surface area contributed by atoms with Crippen LogP contribution in [0.1, 0.15) is 47.0 Å². The van der Waals surface area contributed by atoms with Crippen molar-refractivity contribution in [3.05, 3.63) is 0 Å². The first-order valence-electron chi connectivity index (χ1n) is 5.92. The fourth-order valence-electron chi connectivity index (χ4n) is 1.66. The molecule has 0 aliphatic rings. The van der Waals surface area contributed by atoms with Crippen molar-refractivity contribution < 1.29 is 9.90 Å². The molecule has 0 heterocycles. The molecule has 0 aromatic heterocycles. The zero-order chi connectivity index (χ0) is 11.8. The largest absolute Gasteiger partial charge is 0.394 e. The molecule has 15 heavy (non-hydrogen) atoms. The Bertz CT molecular complexity index is 180. The summed E-state index contributed by atoms with van der Waals surface area (Å²) in [7, 11) is 0. The monoisotopic (exact) mass is 215 g/mol. The van der Waals surface area contributed by atoms with Crippen molar-refractivity contribution in [3.8, 4) is 0 Å². The molecule has 0 spiro atoms. The van der Waals surface area contributed by atoms with E-state index in [-0.39, 0.29) is 24.5 Å². The highest BCUT2D eigenvalue weighted by Gasteiger charge is 2.17. The van der Waals surface area contributed by atoms with Crippen LogP contribution in [0.5, 0.6) is 0 Å². The van der Waals surface area contributed by atoms with Gasteiger partial charge in [-0.3, -0.25) is 4.79 Å². The third-order valence-electron chi connectivity index (χ3n) is 2.49. The Morgan fingerprint density at radius 2 is 1.93 bits per heavy atom. The molecule has 0 aromatic carbocycles. The van der Waals surface area contributed by atoms with Crippen LogP contribution >= 0.6 is 0 Å². The fraction of sp³-hybridized carbons (Fsp3) is 0.917. The summed E-state index contributed by atoms with van der Waals surface area (Å²) in [6.45, 7) is 8.21. The molecular formula is C12H25NO2. The first-order valence-corrected chi connectivity index (χ1v) is 5.92. The number of nitrogens with one attached hydrogen (secondary N) is 1. The molecule has 0 aliphatic carbocycles. The summed E-state index contributed by atoms with van der Waals surface area (Å²) in [5, 5.41) is 12.0. The van der Waals surface area contributed by atoms with E-state index in [1.165, 1.54) is 0 Å². The van der Waals surface area contributed by atoms with Gasteiger partial charge in [0.25, 0.3) is 0 Å². The molecule has 0 radical (unpaired) electrons. The van der Waals surface area contributed by atoms with E-state index in [9.17, 15) is 4.79 Å². The van der Waals surface area contributed by atoms with E-state index in [1.807, 2.05) is 6.92 Å². The van der Waals surface area contributed by atoms with Crippen LogP contribution in [0.4, 0.5) is 0 Å². The maximum absolute atomic E-state index is 11.7. The molecule has 2 unspecified atom stereocenters. The third-order valence-corrected chi connectivity index (χ3v) is 2.49. The van der Waals surface area contributed by atoms with Crippen LogP contribution in [0.3, 0.4) is 0 Å². The lowest BCUT2D eigenvalue weighted by molar-refractivity contribution is -0.125. The van der Waals surface area contributed by atoms with E-state index < -0.39 is 0 Å². The molecule has 0 bridgehead atoms. The Balaban J connectivity index is 4.00. The molecule has 1 amide bonds. The summed E-state index contributed by atoms with van der Waals surface area (Å²) in [4.78, 5) is 11.7. The molecule has 0 rings (SSSR count). The van der Waals surface area contributed by atoms with Crippen molar-refractivity contribution in [3.63, 3.8) is 0 Å². The second-order valence-corrected chi connectivity index (χ2v) is 4.71. The Morgan fingerprint density at radius 3 is 2.33 bits per heavy atom. The lowest BCUT2D eigenvalue weighted by Gasteiger charge is -2.20. The number of hydrogen-bond acceptors (Lipinski definition) is 2. The summed E-state index contributed by atoms with van der Waals surface area (Å²) in [5.41, 5.74) is 0. The van der Waals surface area contributed by atoms with Gasteiger partial charge in [0.2, 0.25) is 5.91 Å². The highest BCUT2D eigenvalue weighted by molar-refractivity contribution is 5.78. The SMILES string of the molecule is CCCC(C)C(=O)NC(CO)CC(C)C. The van der Waals surface area contributed by atoms with Crippen LogP contribution in [0.2, 0.25) is 0 Å². The van der Waals surface area contributed by atoms with Crippen molar-refractivity contribution in [1.82, 2.24) is 5.32 Å². The Kier molecular flexibility index (Phi) is 7.39. The highest BCUT2D eigenvalue weighted by atomic mass is 16.3. The van der Waals surface area contributed by atoms with Crippen LogP contribution in [0.25, 0.3) is 0 Å². The second-order valence-electron chi connectivity index (χ2n) is 4.71. The Labute approximate surface area is 93.3 Å². The van der Waals surface area contributed by atoms with Gasteiger partial charge in [-0.1, -0.05) is 34.1 Å². The summed E-state index contributed by atoms with van der Waals surface area (Å²) in [5.74, 6) is 0.608. The maximum Gasteiger partial charge on any atom is 0.223 e. The lowest BCUT2D eigenvalue weighted by atomic mass is 10.0. The number of aliphatic hydroxyl groups excluding tert-OH is 1. The van der Waals surface area contributed by atoms with Crippen molar-refractivity contribution in [2.45, 2.75) is 53.0 Å². The van der Waals surface area contributed by atoms with E-state index in [4.69, 9.17) is 5.11 Å². The predicted molar refractivity (Wildman–Crippen MR) is 62.5 cm³/mol. The maximum atomic E-state index is 11.7. The van der Waals surface area contributed by atoms with Crippen molar-refractivity contribution in [2.75, 3.05) is 6.61 Å². The van der Waals surface area contributed by atoms with Gasteiger partial charge >= 0.3 is 0 Å². The predicted octanol–water partition coefficient (Wildman–Crippen LogP) is 1.95. The van der Waals surface area contributed by atoms with E-state index in [2.05, 4.69) is 26.1 Å². The quantitative estimate of drug-likeness (QED) is 0.682. The molecule has 0 saturated carbocycles. The molecule has 0 aliphatic heterocycles. The van der Waals surface area contributed by atoms with Gasteiger partial charge in [0.1, 0.15) is 0 Å². The Hall–Kier alpha value is -0.570. The zero-order valence-electron chi connectivity index (χ0n) is 10.4. The van der Waals surface area contributed by atoms with Gasteiger partial charge in [0.15, 0.2) is 0 Å². The summed E-state index contributed by atoms with van der Waals surface area (Å²) in [6, 6.07) is -0.0863. The average Bonchev–Trinajstić information content (AvgIpc) is 2.16. The normalized spacial score (nSPS) is 15.1. The van der Waals surface area contributed by atoms with Crippen LogP contribution in [0.15, 0.2) is 0 Å². The molecule has 2 atom stereocenters. The smallest absolute Gasteiger partial charge is 0.223 e. The van der Waals surface area contributed by atoms with Gasteiger partial charge in [0.05, 0.1) is 12.6 Å². The molecule has 90 valence electrons. The van der Waals surface area contributed by atoms with Gasteiger partial charge in [0, 0.05) is 5.92 Å². The van der Waals surface area contributed by atoms with E-state index in [0.29, 0.717) is 5.92 Å². The summed E-state index contributed by atoms with van der Waals surface area (Å²) >= 11 is 0. The lowest BCUT2D eigenvalue weighted by Crippen LogP contribution is -2.41. The number of carbonyl (C=O) groups excluding carboxylic acids is 1. The van der Waals surface area contributed by atoms with Gasteiger partial charge in [-0.25, -0.2) is 0 Å². The molecule has 3 heteroatoms. The summed E-state index contributed by atoms with van der Waals surface area (Å²) < 4.78 is 0. The zero-order valence-corrected chi connectivity index (χ0v) is 10.4. The highest BCUT2D eigenvalue weighted by Crippen LogP contribution is 2.08. The molecule has 0 aromatic rings. The number of aliphatic hydroxyl groups is 1. The number of rotatable bonds is 7. The molecule has 3 nitrogen and oxygen atoms in total. The minimum atomic E-state index is -0.0863. The molecule has 0 fully saturated rings. The van der Waals surface area contributed by atoms with Gasteiger partial charge < -0.3 is 10.4 Å². The Morgan fingerprint density at radius 1 is 1.33 bits per heavy atom. The summed E-state index contributed by atoms with van der Waals surface area (Å²) in [6.07, 6.45) is 2.76. The van der Waals surface area contributed by atoms with Crippen molar-refractivity contribution in [1.29, 1.82) is 0 Å². The van der Waals surface area contributed by atoms with Crippen LogP contribution in [-0.4, -0.2) is 23.7 Å². The van der Waals surface area contributed by atoms with Crippen LogP contribution in [0, 0.1) is 11.8 Å². The van der Waals surface area contributed by atoms with Gasteiger partial charge in [-0.15, -0.1) is 0 Å². The van der Waals surface area contributed by atoms with Crippen molar-refractivity contribution >= 4 is 5.91 Å². The standard InChI is InChI=1S/C12H25NO2/c1-5-6-10(4)12(15)13-11(8-14)7-9(2)3/h9-11,14H,5-8H2,1-4H3,(H,13,15). The fourth-order valence-corrected chi connectivity index (χ4v) is 1.66. The third kappa shape index (κ3) is 6.50. The number of amides is 1.